The second-order valence-electron chi connectivity index (χ2n) is 3.92. The van der Waals surface area contributed by atoms with Crippen LogP contribution >= 0.6 is 0 Å². The van der Waals surface area contributed by atoms with Crippen molar-refractivity contribution in [2.24, 2.45) is 22.2 Å². The van der Waals surface area contributed by atoms with Crippen LogP contribution in [0.5, 0.6) is 0 Å². The summed E-state index contributed by atoms with van der Waals surface area (Å²) >= 11 is 0. The molecule has 0 aromatic heterocycles. The zero-order valence-electron chi connectivity index (χ0n) is 11.7. The number of likely N-dealkylation sites (N-methyl/N-ethyl adjacent to an activating group) is 2. The number of nitrogens with one attached hydrogen (secondary N) is 1. The summed E-state index contributed by atoms with van der Waals surface area (Å²) in [5.74, 6) is 0.132. The summed E-state index contributed by atoms with van der Waals surface area (Å²) in [5, 5.41) is 7.18. The van der Waals surface area contributed by atoms with Gasteiger partial charge in [-0.25, -0.2) is 4.99 Å². The molecule has 0 radical (unpaired) electrons. The van der Waals surface area contributed by atoms with Gasteiger partial charge < -0.3 is 22.1 Å². The maximum atomic E-state index is 8.74. The first kappa shape index (κ1) is 20.7. The van der Waals surface area contributed by atoms with Crippen molar-refractivity contribution in [1.29, 1.82) is 5.41 Å². The lowest BCUT2D eigenvalue weighted by atomic mass is 10.4. The zero-order chi connectivity index (χ0) is 16.5. The van der Waals surface area contributed by atoms with E-state index in [0.717, 1.165) is 6.54 Å². The highest BCUT2D eigenvalue weighted by Gasteiger charge is 2.08. The number of hydrogen-bond acceptors (Lipinski definition) is 5. The Labute approximate surface area is 118 Å². The summed E-state index contributed by atoms with van der Waals surface area (Å²) in [6.07, 6.45) is -0.0737. The maximum Gasteiger partial charge on any atom is 0.394 e. The molecule has 0 rings (SSSR count). The fraction of sp³-hybridized carbons (Fsp3) is 0.750. The number of nitrogens with two attached hydrogens (primary N) is 3. The number of guanidine groups is 2. The average molecular weight is 313 g/mol. The van der Waals surface area contributed by atoms with Gasteiger partial charge in [-0.3, -0.25) is 19.4 Å². The first-order valence-corrected chi connectivity index (χ1v) is 6.78. The van der Waals surface area contributed by atoms with Crippen molar-refractivity contribution in [2.75, 3.05) is 27.2 Å². The molecule has 12 heteroatoms. The third kappa shape index (κ3) is 16.4. The molecular formula is C8H23N7O4S. The molecule has 9 N–H and O–H groups in total. The molecule has 1 unspecified atom stereocenters. The van der Waals surface area contributed by atoms with Crippen LogP contribution in [0.25, 0.3) is 0 Å². The average Bonchev–Trinajstić information content (AvgIpc) is 2.21. The largest absolute Gasteiger partial charge is 0.394 e. The minimum absolute atomic E-state index is 0.0536. The summed E-state index contributed by atoms with van der Waals surface area (Å²) in [7, 11) is -0.994. The van der Waals surface area contributed by atoms with E-state index < -0.39 is 10.4 Å². The predicted octanol–water partition coefficient (Wildman–Crippen LogP) is -2.29. The van der Waals surface area contributed by atoms with Gasteiger partial charge in [0.25, 0.3) is 0 Å². The van der Waals surface area contributed by atoms with Crippen molar-refractivity contribution in [1.82, 2.24) is 9.80 Å². The fourth-order valence-corrected chi connectivity index (χ4v) is 0.929. The smallest absolute Gasteiger partial charge is 0.370 e. The lowest BCUT2D eigenvalue weighted by molar-refractivity contribution is 0.247. The highest BCUT2D eigenvalue weighted by atomic mass is 32.3. The molecule has 0 saturated carbocycles. The second-order valence-corrected chi connectivity index (χ2v) is 4.82. The van der Waals surface area contributed by atoms with Crippen molar-refractivity contribution in [2.45, 2.75) is 13.1 Å². The molecule has 1 atom stereocenters. The lowest BCUT2D eigenvalue weighted by Gasteiger charge is -2.24. The van der Waals surface area contributed by atoms with E-state index in [4.69, 9.17) is 40.1 Å². The van der Waals surface area contributed by atoms with Gasteiger partial charge in [0.05, 0.1) is 0 Å². The molecule has 120 valence electrons. The fourth-order valence-electron chi connectivity index (χ4n) is 0.929. The number of rotatable bonds is 5. The summed E-state index contributed by atoms with van der Waals surface area (Å²) in [6, 6.07) is 0. The quantitative estimate of drug-likeness (QED) is 0.184. The minimum atomic E-state index is -4.67. The van der Waals surface area contributed by atoms with Gasteiger partial charge in [-0.1, -0.05) is 0 Å². The van der Waals surface area contributed by atoms with Crippen molar-refractivity contribution in [3.63, 3.8) is 0 Å². The van der Waals surface area contributed by atoms with Gasteiger partial charge in [0, 0.05) is 20.1 Å². The van der Waals surface area contributed by atoms with E-state index in [2.05, 4.69) is 4.99 Å². The van der Waals surface area contributed by atoms with Gasteiger partial charge in [-0.15, -0.1) is 0 Å². The maximum absolute atomic E-state index is 8.74. The first-order chi connectivity index (χ1) is 8.84. The SMILES string of the molecule is CC(N=C(N)N)N(C)CCN(C)C(=N)N.O=S(=O)(O)O. The Morgan fingerprint density at radius 1 is 1.25 bits per heavy atom. The Bertz CT molecular complexity index is 413. The standard InChI is InChI=1S/C8H21N7.H2O4S/c1-6(13-7(9)10)14(2)4-5-15(3)8(11)12;1-5(2,3)4/h6H,4-5H2,1-3H3,(H3,11,12)(H4,9,10,13);(H2,1,2,3,4). The number of hydrogen-bond donors (Lipinski definition) is 6. The van der Waals surface area contributed by atoms with E-state index in [1.165, 1.54) is 0 Å². The molecule has 0 bridgehead atoms. The van der Waals surface area contributed by atoms with Crippen LogP contribution in [-0.2, 0) is 10.4 Å². The first-order valence-electron chi connectivity index (χ1n) is 5.38. The zero-order valence-corrected chi connectivity index (χ0v) is 12.5. The third-order valence-electron chi connectivity index (χ3n) is 2.17. The molecule has 0 aromatic rings. The Morgan fingerprint density at radius 2 is 1.65 bits per heavy atom. The molecule has 0 amide bonds. The molecule has 0 spiro atoms. The Hall–Kier alpha value is -1.63. The second kappa shape index (κ2) is 9.30. The molecule has 0 fully saturated rings. The number of aliphatic imine (C=N–C) groups is 1. The lowest BCUT2D eigenvalue weighted by Crippen LogP contribution is -2.41. The minimum Gasteiger partial charge on any atom is -0.370 e. The van der Waals surface area contributed by atoms with Crippen LogP contribution in [0.15, 0.2) is 4.99 Å². The summed E-state index contributed by atoms with van der Waals surface area (Å²) in [5.41, 5.74) is 15.8. The van der Waals surface area contributed by atoms with Gasteiger partial charge in [0.1, 0.15) is 6.17 Å². The topological polar surface area (TPSA) is 195 Å². The van der Waals surface area contributed by atoms with E-state index in [1.54, 1.807) is 11.9 Å². The molecule has 0 aromatic carbocycles. The van der Waals surface area contributed by atoms with E-state index in [9.17, 15) is 0 Å². The van der Waals surface area contributed by atoms with Crippen LogP contribution in [0.2, 0.25) is 0 Å². The summed E-state index contributed by atoms with van der Waals surface area (Å²) in [4.78, 5) is 7.62. The molecule has 0 saturated heterocycles. The molecule has 0 aliphatic heterocycles. The van der Waals surface area contributed by atoms with Crippen molar-refractivity contribution in [3.8, 4) is 0 Å². The monoisotopic (exact) mass is 313 g/mol. The molecule has 20 heavy (non-hydrogen) atoms. The van der Waals surface area contributed by atoms with E-state index in [1.807, 2.05) is 18.9 Å². The van der Waals surface area contributed by atoms with Crippen molar-refractivity contribution >= 4 is 22.3 Å². The Balaban J connectivity index is 0. The number of nitrogens with zero attached hydrogens (tertiary/aromatic N) is 3. The van der Waals surface area contributed by atoms with E-state index in [-0.39, 0.29) is 18.1 Å². The van der Waals surface area contributed by atoms with Crippen LogP contribution in [0.3, 0.4) is 0 Å². The summed E-state index contributed by atoms with van der Waals surface area (Å²) in [6.45, 7) is 3.29. The highest BCUT2D eigenvalue weighted by molar-refractivity contribution is 7.79. The van der Waals surface area contributed by atoms with Crippen LogP contribution in [0.4, 0.5) is 0 Å². The van der Waals surface area contributed by atoms with Crippen molar-refractivity contribution < 1.29 is 17.5 Å². The normalized spacial score (nSPS) is 12.1. The van der Waals surface area contributed by atoms with Gasteiger partial charge in [0.2, 0.25) is 0 Å². The van der Waals surface area contributed by atoms with E-state index >= 15 is 0 Å². The predicted molar refractivity (Wildman–Crippen MR) is 76.6 cm³/mol. The van der Waals surface area contributed by atoms with Crippen LogP contribution < -0.4 is 17.2 Å². The van der Waals surface area contributed by atoms with Crippen LogP contribution in [0, 0.1) is 5.41 Å². The molecule has 0 heterocycles. The third-order valence-corrected chi connectivity index (χ3v) is 2.17. The Morgan fingerprint density at radius 3 is 1.95 bits per heavy atom. The van der Waals surface area contributed by atoms with Gasteiger partial charge in [-0.05, 0) is 14.0 Å². The van der Waals surface area contributed by atoms with E-state index in [0.29, 0.717) is 6.54 Å². The van der Waals surface area contributed by atoms with Crippen LogP contribution in [-0.4, -0.2) is 72.6 Å². The van der Waals surface area contributed by atoms with Gasteiger partial charge in [-0.2, -0.15) is 8.42 Å². The van der Waals surface area contributed by atoms with Crippen molar-refractivity contribution in [3.05, 3.63) is 0 Å². The molecular weight excluding hydrogens is 290 g/mol. The van der Waals surface area contributed by atoms with Crippen LogP contribution in [0.1, 0.15) is 6.92 Å². The molecule has 11 nitrogen and oxygen atoms in total. The molecule has 0 aliphatic carbocycles. The van der Waals surface area contributed by atoms with Gasteiger partial charge >= 0.3 is 10.4 Å². The highest BCUT2D eigenvalue weighted by Crippen LogP contribution is 1.96. The Kier molecular flexibility index (Phi) is 9.62. The molecule has 0 aliphatic rings. The van der Waals surface area contributed by atoms with Gasteiger partial charge in [0.15, 0.2) is 11.9 Å². The summed E-state index contributed by atoms with van der Waals surface area (Å²) < 4.78 is 31.6.